The van der Waals surface area contributed by atoms with Crippen molar-refractivity contribution in [2.24, 2.45) is 5.73 Å². The number of amides is 2. The molecule has 0 heterocycles. The summed E-state index contributed by atoms with van der Waals surface area (Å²) in [6.45, 7) is 1.77. The van der Waals surface area contributed by atoms with Gasteiger partial charge < -0.3 is 11.1 Å². The van der Waals surface area contributed by atoms with Crippen molar-refractivity contribution in [3.8, 4) is 0 Å². The summed E-state index contributed by atoms with van der Waals surface area (Å²) < 4.78 is 0. The smallest absolute Gasteiger partial charge is 0.272 e. The number of nitrogens with one attached hydrogen (secondary N) is 1. The van der Waals surface area contributed by atoms with Crippen LogP contribution in [0.15, 0.2) is 84.9 Å². The second-order valence-electron chi connectivity index (χ2n) is 7.38. The third-order valence-electron chi connectivity index (χ3n) is 5.42. The molecule has 0 unspecified atom stereocenters. The highest BCUT2D eigenvalue weighted by Crippen LogP contribution is 2.32. The van der Waals surface area contributed by atoms with Gasteiger partial charge in [-0.25, -0.2) is 0 Å². The van der Waals surface area contributed by atoms with Gasteiger partial charge in [0.05, 0.1) is 10.3 Å². The molecule has 3 rings (SSSR count). The molecule has 7 nitrogen and oxygen atoms in total. The predicted octanol–water partition coefficient (Wildman–Crippen LogP) is 3.11. The molecule has 0 spiro atoms. The van der Waals surface area contributed by atoms with Crippen molar-refractivity contribution in [3.05, 3.63) is 112 Å². The fourth-order valence-electron chi connectivity index (χ4n) is 3.58. The molecule has 0 bridgehead atoms. The van der Waals surface area contributed by atoms with E-state index in [1.54, 1.807) is 25.1 Å². The highest BCUT2D eigenvalue weighted by atomic mass is 16.6. The Bertz CT molecular complexity index is 1040. The van der Waals surface area contributed by atoms with Crippen LogP contribution in [-0.2, 0) is 21.4 Å². The molecule has 0 aromatic heterocycles. The van der Waals surface area contributed by atoms with Crippen molar-refractivity contribution < 1.29 is 14.5 Å². The van der Waals surface area contributed by atoms with E-state index >= 15 is 0 Å². The van der Waals surface area contributed by atoms with E-state index in [0.29, 0.717) is 5.56 Å². The number of primary amides is 1. The van der Waals surface area contributed by atoms with Crippen molar-refractivity contribution in [2.45, 2.75) is 24.8 Å². The van der Waals surface area contributed by atoms with Gasteiger partial charge in [-0.15, -0.1) is 0 Å². The number of hydrogen-bond donors (Lipinski definition) is 2. The maximum atomic E-state index is 13.5. The summed E-state index contributed by atoms with van der Waals surface area (Å²) in [5.74, 6) is -1.19. The van der Waals surface area contributed by atoms with E-state index in [0.717, 1.165) is 11.1 Å². The van der Waals surface area contributed by atoms with Gasteiger partial charge in [-0.05, 0) is 18.1 Å². The Hall–Kier alpha value is -4.00. The molecule has 3 aromatic rings. The van der Waals surface area contributed by atoms with Crippen molar-refractivity contribution in [2.75, 3.05) is 0 Å². The summed E-state index contributed by atoms with van der Waals surface area (Å²) in [6.07, 6.45) is -0.0854. The van der Waals surface area contributed by atoms with Gasteiger partial charge in [0, 0.05) is 18.1 Å². The van der Waals surface area contributed by atoms with Gasteiger partial charge in [-0.3, -0.25) is 19.7 Å². The summed E-state index contributed by atoms with van der Waals surface area (Å²) in [4.78, 5) is 36.5. The van der Waals surface area contributed by atoms with Crippen LogP contribution in [0.3, 0.4) is 0 Å². The Balaban J connectivity index is 1.96. The lowest BCUT2D eigenvalue weighted by molar-refractivity contribution is -0.385. The van der Waals surface area contributed by atoms with Crippen LogP contribution in [0.2, 0.25) is 0 Å². The number of benzene rings is 3. The standard InChI is InChI=1S/C24H23N3O4/c1-24(18-11-4-2-5-12-18,19-13-6-3-7-14-19)23(29)26-20(22(25)28)16-17-10-8-9-15-21(17)27(30)31/h2-15,20H,16H2,1H3,(H2,25,28)(H,26,29)/t20-/m1/s1. The Morgan fingerprint density at radius 1 is 0.935 bits per heavy atom. The van der Waals surface area contributed by atoms with Gasteiger partial charge in [-0.1, -0.05) is 78.9 Å². The van der Waals surface area contributed by atoms with Gasteiger partial charge in [0.25, 0.3) is 5.69 Å². The minimum Gasteiger partial charge on any atom is -0.368 e. The molecular weight excluding hydrogens is 394 g/mol. The summed E-state index contributed by atoms with van der Waals surface area (Å²) in [5, 5.41) is 14.1. The van der Waals surface area contributed by atoms with Crippen LogP contribution < -0.4 is 11.1 Å². The topological polar surface area (TPSA) is 115 Å². The molecule has 2 amide bonds. The quantitative estimate of drug-likeness (QED) is 0.433. The van der Waals surface area contributed by atoms with Gasteiger partial charge >= 0.3 is 0 Å². The molecule has 0 aliphatic heterocycles. The number of nitro groups is 1. The molecule has 7 heteroatoms. The lowest BCUT2D eigenvalue weighted by atomic mass is 9.75. The van der Waals surface area contributed by atoms with Gasteiger partial charge in [0.2, 0.25) is 11.8 Å². The van der Waals surface area contributed by atoms with E-state index in [1.807, 2.05) is 60.7 Å². The minimum atomic E-state index is -1.11. The number of nitro benzene ring substituents is 1. The molecule has 0 saturated carbocycles. The van der Waals surface area contributed by atoms with Crippen LogP contribution in [-0.4, -0.2) is 22.8 Å². The van der Waals surface area contributed by atoms with E-state index in [1.165, 1.54) is 6.07 Å². The molecule has 0 radical (unpaired) electrons. The Morgan fingerprint density at radius 2 is 1.42 bits per heavy atom. The lowest BCUT2D eigenvalue weighted by Gasteiger charge is -2.31. The first-order valence-corrected chi connectivity index (χ1v) is 9.77. The van der Waals surface area contributed by atoms with E-state index in [2.05, 4.69) is 5.32 Å². The molecule has 0 fully saturated rings. The summed E-state index contributed by atoms with van der Waals surface area (Å²) in [7, 11) is 0. The molecule has 0 saturated heterocycles. The van der Waals surface area contributed by atoms with Crippen molar-refractivity contribution in [3.63, 3.8) is 0 Å². The third-order valence-corrected chi connectivity index (χ3v) is 5.42. The molecule has 3 aromatic carbocycles. The first-order chi connectivity index (χ1) is 14.8. The zero-order chi connectivity index (χ0) is 22.4. The number of carbonyl (C=O) groups is 2. The van der Waals surface area contributed by atoms with Crippen LogP contribution >= 0.6 is 0 Å². The fourth-order valence-corrected chi connectivity index (χ4v) is 3.58. The fraction of sp³-hybridized carbons (Fsp3) is 0.167. The first kappa shape index (κ1) is 21.7. The normalized spacial score (nSPS) is 12.0. The number of nitrogens with zero attached hydrogens (tertiary/aromatic N) is 1. The van der Waals surface area contributed by atoms with E-state index in [9.17, 15) is 19.7 Å². The SMILES string of the molecule is CC(C(=O)N[C@H](Cc1ccccc1[N+](=O)[O-])C(N)=O)(c1ccccc1)c1ccccc1. The van der Waals surface area contributed by atoms with Crippen LogP contribution in [0.5, 0.6) is 0 Å². The second kappa shape index (κ2) is 9.21. The average Bonchev–Trinajstić information content (AvgIpc) is 2.79. The van der Waals surface area contributed by atoms with Crippen molar-refractivity contribution in [1.29, 1.82) is 0 Å². The summed E-state index contributed by atoms with van der Waals surface area (Å²) in [6, 6.07) is 23.4. The maximum Gasteiger partial charge on any atom is 0.272 e. The number of hydrogen-bond acceptors (Lipinski definition) is 4. The Labute approximate surface area is 180 Å². The van der Waals surface area contributed by atoms with Crippen LogP contribution in [0.25, 0.3) is 0 Å². The van der Waals surface area contributed by atoms with Gasteiger partial charge in [0.1, 0.15) is 6.04 Å². The minimum absolute atomic E-state index is 0.0854. The first-order valence-electron chi connectivity index (χ1n) is 9.77. The zero-order valence-corrected chi connectivity index (χ0v) is 17.0. The monoisotopic (exact) mass is 417 g/mol. The molecule has 3 N–H and O–H groups in total. The summed E-state index contributed by atoms with van der Waals surface area (Å²) >= 11 is 0. The van der Waals surface area contributed by atoms with Crippen molar-refractivity contribution in [1.82, 2.24) is 5.32 Å². The Kier molecular flexibility index (Phi) is 6.45. The maximum absolute atomic E-state index is 13.5. The number of para-hydroxylation sites is 1. The lowest BCUT2D eigenvalue weighted by Crippen LogP contribution is -2.52. The van der Waals surface area contributed by atoms with E-state index in [-0.39, 0.29) is 12.1 Å². The number of nitrogens with two attached hydrogens (primary N) is 1. The highest BCUT2D eigenvalue weighted by Gasteiger charge is 2.39. The average molecular weight is 417 g/mol. The van der Waals surface area contributed by atoms with Crippen LogP contribution in [0.1, 0.15) is 23.6 Å². The second-order valence-corrected chi connectivity index (χ2v) is 7.38. The summed E-state index contributed by atoms with van der Waals surface area (Å²) in [5.41, 5.74) is 6.13. The zero-order valence-electron chi connectivity index (χ0n) is 17.0. The van der Waals surface area contributed by atoms with Crippen molar-refractivity contribution >= 4 is 17.5 Å². The molecule has 0 aliphatic rings. The van der Waals surface area contributed by atoms with Gasteiger partial charge in [0.15, 0.2) is 0 Å². The highest BCUT2D eigenvalue weighted by molar-refractivity contribution is 5.95. The van der Waals surface area contributed by atoms with Crippen LogP contribution in [0.4, 0.5) is 5.69 Å². The molecule has 158 valence electrons. The largest absolute Gasteiger partial charge is 0.368 e. The number of carbonyl (C=O) groups excluding carboxylic acids is 2. The van der Waals surface area contributed by atoms with Crippen LogP contribution in [0, 0.1) is 10.1 Å². The molecule has 1 atom stereocenters. The van der Waals surface area contributed by atoms with E-state index in [4.69, 9.17) is 5.73 Å². The predicted molar refractivity (Wildman–Crippen MR) is 117 cm³/mol. The van der Waals surface area contributed by atoms with E-state index < -0.39 is 28.2 Å². The molecular formula is C24H23N3O4. The molecule has 0 aliphatic carbocycles. The third kappa shape index (κ3) is 4.61. The Morgan fingerprint density at radius 3 is 1.90 bits per heavy atom. The number of rotatable bonds is 8. The van der Waals surface area contributed by atoms with Gasteiger partial charge in [-0.2, -0.15) is 0 Å². The molecule has 31 heavy (non-hydrogen) atoms.